The molecule has 0 spiro atoms. The van der Waals surface area contributed by atoms with Crippen LogP contribution in [0.25, 0.3) is 0 Å². The first-order valence-corrected chi connectivity index (χ1v) is 5.24. The molecule has 1 N–H and O–H groups in total. The molecule has 14 heavy (non-hydrogen) atoms. The van der Waals surface area contributed by atoms with Crippen LogP contribution in [0.1, 0.15) is 31.9 Å². The van der Waals surface area contributed by atoms with E-state index in [0.29, 0.717) is 5.41 Å². The van der Waals surface area contributed by atoms with Crippen molar-refractivity contribution in [1.29, 1.82) is 0 Å². The van der Waals surface area contributed by atoms with E-state index >= 15 is 0 Å². The number of hydrogen-bond acceptors (Lipinski definition) is 3. The van der Waals surface area contributed by atoms with Crippen molar-refractivity contribution < 1.29 is 0 Å². The minimum Gasteiger partial charge on any atom is -0.311 e. The highest BCUT2D eigenvalue weighted by Crippen LogP contribution is 2.39. The van der Waals surface area contributed by atoms with Gasteiger partial charge in [0.1, 0.15) is 0 Å². The summed E-state index contributed by atoms with van der Waals surface area (Å²) in [6.07, 6.45) is 5.94. The molecule has 1 fully saturated rings. The van der Waals surface area contributed by atoms with E-state index in [0.717, 1.165) is 18.8 Å². The highest BCUT2D eigenvalue weighted by Gasteiger charge is 2.30. The minimum atomic E-state index is 0.548. The zero-order chi connectivity index (χ0) is 10.0. The molecule has 1 aromatic rings. The largest absolute Gasteiger partial charge is 0.311 e. The number of rotatable bonds is 4. The van der Waals surface area contributed by atoms with Gasteiger partial charge in [-0.25, -0.2) is 0 Å². The first kappa shape index (κ1) is 9.65. The van der Waals surface area contributed by atoms with Crippen LogP contribution in [0.15, 0.2) is 6.20 Å². The number of aryl methyl sites for hydroxylation is 1. The molecule has 78 valence electrons. The summed E-state index contributed by atoms with van der Waals surface area (Å²) in [6.45, 7) is 4.34. The van der Waals surface area contributed by atoms with Crippen LogP contribution in [0.4, 0.5) is 0 Å². The molecule has 1 aliphatic carbocycles. The summed E-state index contributed by atoms with van der Waals surface area (Å²) in [7, 11) is 1.93. The van der Waals surface area contributed by atoms with E-state index in [1.165, 1.54) is 19.3 Å². The van der Waals surface area contributed by atoms with Gasteiger partial charge in [-0.1, -0.05) is 18.6 Å². The first-order valence-electron chi connectivity index (χ1n) is 5.24. The monoisotopic (exact) mass is 194 g/mol. The summed E-state index contributed by atoms with van der Waals surface area (Å²) in [5, 5.41) is 11.2. The minimum absolute atomic E-state index is 0.548. The van der Waals surface area contributed by atoms with Crippen LogP contribution in [-0.2, 0) is 13.6 Å². The molecule has 0 radical (unpaired) electrons. The quantitative estimate of drug-likeness (QED) is 0.780. The van der Waals surface area contributed by atoms with Crippen molar-refractivity contribution in [3.05, 3.63) is 11.9 Å². The Labute approximate surface area is 84.7 Å². The highest BCUT2D eigenvalue weighted by atomic mass is 15.4. The second-order valence-electron chi connectivity index (χ2n) is 4.62. The van der Waals surface area contributed by atoms with Gasteiger partial charge in [-0.2, -0.15) is 0 Å². The lowest BCUT2D eigenvalue weighted by molar-refractivity contribution is 0.156. The van der Waals surface area contributed by atoms with E-state index < -0.39 is 0 Å². The molecule has 1 aromatic heterocycles. The van der Waals surface area contributed by atoms with Crippen LogP contribution in [0, 0.1) is 5.41 Å². The molecule has 0 bridgehead atoms. The highest BCUT2D eigenvalue weighted by molar-refractivity contribution is 4.93. The second-order valence-corrected chi connectivity index (χ2v) is 4.62. The van der Waals surface area contributed by atoms with E-state index in [-0.39, 0.29) is 0 Å². The summed E-state index contributed by atoms with van der Waals surface area (Å²) in [5.74, 6) is 0. The lowest BCUT2D eigenvalue weighted by Crippen LogP contribution is -2.37. The summed E-state index contributed by atoms with van der Waals surface area (Å²) in [5.41, 5.74) is 1.69. The summed E-state index contributed by atoms with van der Waals surface area (Å²) < 4.78 is 1.82. The van der Waals surface area contributed by atoms with Gasteiger partial charge >= 0.3 is 0 Å². The SMILES string of the molecule is Cn1nncc1CNCC1(C)CCC1. The van der Waals surface area contributed by atoms with Crippen LogP contribution in [0.2, 0.25) is 0 Å². The fourth-order valence-electron chi connectivity index (χ4n) is 1.92. The third-order valence-electron chi connectivity index (χ3n) is 3.23. The van der Waals surface area contributed by atoms with E-state index in [4.69, 9.17) is 0 Å². The maximum Gasteiger partial charge on any atom is 0.0738 e. The molecular weight excluding hydrogens is 176 g/mol. The standard InChI is InChI=1S/C10H18N4/c1-10(4-3-5-10)8-11-6-9-7-12-13-14(9)2/h7,11H,3-6,8H2,1-2H3. The first-order chi connectivity index (χ1) is 6.70. The van der Waals surface area contributed by atoms with Crippen molar-refractivity contribution in [2.75, 3.05) is 6.54 Å². The fourth-order valence-corrected chi connectivity index (χ4v) is 1.92. The molecule has 1 aliphatic rings. The van der Waals surface area contributed by atoms with Gasteiger partial charge in [0.05, 0.1) is 11.9 Å². The van der Waals surface area contributed by atoms with Crippen molar-refractivity contribution >= 4 is 0 Å². The van der Waals surface area contributed by atoms with Gasteiger partial charge in [0.2, 0.25) is 0 Å². The lowest BCUT2D eigenvalue weighted by Gasteiger charge is -2.38. The Hall–Kier alpha value is -0.900. The van der Waals surface area contributed by atoms with E-state index in [1.807, 2.05) is 17.9 Å². The molecule has 0 saturated heterocycles. The van der Waals surface area contributed by atoms with Gasteiger partial charge in [0.25, 0.3) is 0 Å². The normalized spacial score (nSPS) is 19.3. The van der Waals surface area contributed by atoms with Crippen molar-refractivity contribution in [2.24, 2.45) is 12.5 Å². The maximum absolute atomic E-state index is 3.89. The zero-order valence-electron chi connectivity index (χ0n) is 8.95. The van der Waals surface area contributed by atoms with Crippen molar-refractivity contribution in [1.82, 2.24) is 20.3 Å². The predicted octanol–water partition coefficient (Wildman–Crippen LogP) is 1.09. The maximum atomic E-state index is 3.89. The molecular formula is C10H18N4. The number of nitrogens with one attached hydrogen (secondary N) is 1. The molecule has 0 aromatic carbocycles. The van der Waals surface area contributed by atoms with Gasteiger partial charge < -0.3 is 5.32 Å². The van der Waals surface area contributed by atoms with Crippen LogP contribution >= 0.6 is 0 Å². The van der Waals surface area contributed by atoms with Gasteiger partial charge in [-0.3, -0.25) is 4.68 Å². The van der Waals surface area contributed by atoms with Gasteiger partial charge in [0, 0.05) is 20.1 Å². The summed E-state index contributed by atoms with van der Waals surface area (Å²) in [4.78, 5) is 0. The van der Waals surface area contributed by atoms with E-state index in [2.05, 4.69) is 22.6 Å². The average molecular weight is 194 g/mol. The van der Waals surface area contributed by atoms with Crippen molar-refractivity contribution in [3.63, 3.8) is 0 Å². The number of nitrogens with zero attached hydrogens (tertiary/aromatic N) is 3. The van der Waals surface area contributed by atoms with Crippen LogP contribution in [0.5, 0.6) is 0 Å². The Kier molecular flexibility index (Phi) is 2.54. The Balaban J connectivity index is 1.75. The summed E-state index contributed by atoms with van der Waals surface area (Å²) in [6, 6.07) is 0. The molecule has 4 heteroatoms. The van der Waals surface area contributed by atoms with E-state index in [9.17, 15) is 0 Å². The van der Waals surface area contributed by atoms with Crippen LogP contribution in [-0.4, -0.2) is 21.5 Å². The Morgan fingerprint density at radius 2 is 2.36 bits per heavy atom. The smallest absolute Gasteiger partial charge is 0.0738 e. The number of hydrogen-bond donors (Lipinski definition) is 1. The molecule has 0 amide bonds. The fraction of sp³-hybridized carbons (Fsp3) is 0.800. The molecule has 2 rings (SSSR count). The van der Waals surface area contributed by atoms with E-state index in [1.54, 1.807) is 0 Å². The van der Waals surface area contributed by atoms with Crippen LogP contribution in [0.3, 0.4) is 0 Å². The van der Waals surface area contributed by atoms with Crippen molar-refractivity contribution in [3.8, 4) is 0 Å². The molecule has 1 saturated carbocycles. The van der Waals surface area contributed by atoms with Gasteiger partial charge in [-0.15, -0.1) is 5.10 Å². The van der Waals surface area contributed by atoms with Crippen molar-refractivity contribution in [2.45, 2.75) is 32.7 Å². The molecule has 0 atom stereocenters. The molecule has 0 unspecified atom stereocenters. The molecule has 1 heterocycles. The topological polar surface area (TPSA) is 42.7 Å². The summed E-state index contributed by atoms with van der Waals surface area (Å²) >= 11 is 0. The van der Waals surface area contributed by atoms with Gasteiger partial charge in [-0.05, 0) is 18.3 Å². The second kappa shape index (κ2) is 3.69. The molecule has 0 aliphatic heterocycles. The van der Waals surface area contributed by atoms with Crippen LogP contribution < -0.4 is 5.32 Å². The lowest BCUT2D eigenvalue weighted by atomic mass is 9.70. The number of aromatic nitrogens is 3. The predicted molar refractivity (Wildman–Crippen MR) is 54.7 cm³/mol. The molecule has 4 nitrogen and oxygen atoms in total. The van der Waals surface area contributed by atoms with Gasteiger partial charge in [0.15, 0.2) is 0 Å². The zero-order valence-corrected chi connectivity index (χ0v) is 8.95. The third kappa shape index (κ3) is 1.95. The Bertz CT molecular complexity index is 301. The average Bonchev–Trinajstić information content (AvgIpc) is 2.49. The Morgan fingerprint density at radius 1 is 1.57 bits per heavy atom. The third-order valence-corrected chi connectivity index (χ3v) is 3.23. The Morgan fingerprint density at radius 3 is 2.86 bits per heavy atom.